The van der Waals surface area contributed by atoms with Crippen LogP contribution in [0.25, 0.3) is 0 Å². The number of oxime groups is 1. The third kappa shape index (κ3) is 3.60. The Morgan fingerprint density at radius 3 is 2.68 bits per heavy atom. The number of primary amides is 1. The van der Waals surface area contributed by atoms with Gasteiger partial charge in [-0.05, 0) is 24.6 Å². The van der Waals surface area contributed by atoms with Gasteiger partial charge in [0.25, 0.3) is 5.91 Å². The predicted molar refractivity (Wildman–Crippen MR) is 87.6 cm³/mol. The summed E-state index contributed by atoms with van der Waals surface area (Å²) in [5.41, 5.74) is 7.01. The molecule has 7 heteroatoms. The quantitative estimate of drug-likeness (QED) is 0.904. The van der Waals surface area contributed by atoms with E-state index in [1.807, 2.05) is 31.2 Å². The number of halogens is 2. The molecule has 130 valence electrons. The molecule has 1 amide bonds. The van der Waals surface area contributed by atoms with E-state index in [1.165, 1.54) is 0 Å². The van der Waals surface area contributed by atoms with Gasteiger partial charge in [-0.15, -0.1) is 0 Å². The van der Waals surface area contributed by atoms with Crippen molar-refractivity contribution in [1.82, 2.24) is 0 Å². The third-order valence-corrected chi connectivity index (χ3v) is 3.84. The number of hydrogen-bond acceptors (Lipinski definition) is 4. The van der Waals surface area contributed by atoms with E-state index in [1.54, 1.807) is 0 Å². The van der Waals surface area contributed by atoms with Gasteiger partial charge in [0.2, 0.25) is 0 Å². The molecule has 0 saturated heterocycles. The number of amides is 1. The fourth-order valence-corrected chi connectivity index (χ4v) is 2.49. The number of ether oxygens (including phenoxy) is 1. The van der Waals surface area contributed by atoms with Gasteiger partial charge in [0.05, 0.1) is 5.71 Å². The number of aryl methyl sites for hydroxylation is 1. The minimum absolute atomic E-state index is 0.000381. The molecule has 0 bridgehead atoms. The Bertz CT molecular complexity index is 835. The first-order valence-electron chi connectivity index (χ1n) is 7.66. The SMILES string of the molecule is Cc1ccc(C2=NOC(COc3ccc(F)c(C(N)=O)c3F)C2)cc1. The largest absolute Gasteiger partial charge is 0.486 e. The summed E-state index contributed by atoms with van der Waals surface area (Å²) in [5.74, 6) is -3.60. The summed E-state index contributed by atoms with van der Waals surface area (Å²) < 4.78 is 32.9. The first-order chi connectivity index (χ1) is 12.0. The second-order valence-corrected chi connectivity index (χ2v) is 5.75. The first-order valence-corrected chi connectivity index (χ1v) is 7.66. The van der Waals surface area contributed by atoms with Crippen LogP contribution in [0, 0.1) is 18.6 Å². The predicted octanol–water partition coefficient (Wildman–Crippen LogP) is 2.94. The highest BCUT2D eigenvalue weighted by Gasteiger charge is 2.25. The Labute approximate surface area is 143 Å². The number of nitrogens with zero attached hydrogens (tertiary/aromatic N) is 1. The fourth-order valence-electron chi connectivity index (χ4n) is 2.49. The van der Waals surface area contributed by atoms with Crippen molar-refractivity contribution in [2.24, 2.45) is 10.9 Å². The van der Waals surface area contributed by atoms with Gasteiger partial charge in [0.1, 0.15) is 18.0 Å². The molecule has 1 aliphatic rings. The standard InChI is InChI=1S/C18H16F2N2O3/c1-10-2-4-11(5-3-10)14-8-12(25-22-14)9-24-15-7-6-13(19)16(17(15)20)18(21)23/h2-7,12H,8-9H2,1H3,(H2,21,23). The van der Waals surface area contributed by atoms with Crippen LogP contribution in [0.2, 0.25) is 0 Å². The first kappa shape index (κ1) is 16.9. The molecule has 1 heterocycles. The van der Waals surface area contributed by atoms with Crippen molar-refractivity contribution >= 4 is 11.6 Å². The lowest BCUT2D eigenvalue weighted by atomic mass is 10.0. The second-order valence-electron chi connectivity index (χ2n) is 5.75. The molecule has 5 nitrogen and oxygen atoms in total. The van der Waals surface area contributed by atoms with Crippen LogP contribution in [0.5, 0.6) is 5.75 Å². The molecule has 1 atom stereocenters. The number of rotatable bonds is 5. The van der Waals surface area contributed by atoms with Gasteiger partial charge in [-0.2, -0.15) is 0 Å². The smallest absolute Gasteiger partial charge is 0.254 e. The number of carbonyl (C=O) groups excluding carboxylic acids is 1. The lowest BCUT2D eigenvalue weighted by molar-refractivity contribution is 0.0458. The van der Waals surface area contributed by atoms with Gasteiger partial charge in [-0.1, -0.05) is 35.0 Å². The maximum absolute atomic E-state index is 14.1. The van der Waals surface area contributed by atoms with Crippen LogP contribution in [0.3, 0.4) is 0 Å². The number of carbonyl (C=O) groups is 1. The van der Waals surface area contributed by atoms with Crippen LogP contribution in [0.4, 0.5) is 8.78 Å². The van der Waals surface area contributed by atoms with Crippen molar-refractivity contribution < 1.29 is 23.1 Å². The molecular formula is C18H16F2N2O3. The van der Waals surface area contributed by atoms with E-state index in [4.69, 9.17) is 15.3 Å². The van der Waals surface area contributed by atoms with E-state index in [9.17, 15) is 13.6 Å². The fraction of sp³-hybridized carbons (Fsp3) is 0.222. The number of benzene rings is 2. The molecule has 2 aromatic carbocycles. The minimum atomic E-state index is -1.19. The van der Waals surface area contributed by atoms with Gasteiger partial charge in [-0.25, -0.2) is 8.78 Å². The van der Waals surface area contributed by atoms with Gasteiger partial charge in [0.15, 0.2) is 17.7 Å². The van der Waals surface area contributed by atoms with Crippen molar-refractivity contribution in [3.05, 3.63) is 64.7 Å². The molecule has 0 radical (unpaired) electrons. The summed E-state index contributed by atoms with van der Waals surface area (Å²) in [4.78, 5) is 16.4. The summed E-state index contributed by atoms with van der Waals surface area (Å²) >= 11 is 0. The second kappa shape index (κ2) is 6.88. The highest BCUT2D eigenvalue weighted by Crippen LogP contribution is 2.24. The van der Waals surface area contributed by atoms with E-state index in [-0.39, 0.29) is 12.4 Å². The van der Waals surface area contributed by atoms with Crippen molar-refractivity contribution in [1.29, 1.82) is 0 Å². The molecule has 0 saturated carbocycles. The number of nitrogens with two attached hydrogens (primary N) is 1. The Morgan fingerprint density at radius 1 is 1.28 bits per heavy atom. The average molecular weight is 346 g/mol. The Kier molecular flexibility index (Phi) is 4.65. The normalized spacial score (nSPS) is 16.3. The maximum Gasteiger partial charge on any atom is 0.254 e. The summed E-state index contributed by atoms with van der Waals surface area (Å²) in [5, 5.41) is 4.02. The van der Waals surface area contributed by atoms with Crippen LogP contribution in [0.15, 0.2) is 41.6 Å². The zero-order valence-electron chi connectivity index (χ0n) is 13.5. The van der Waals surface area contributed by atoms with Crippen molar-refractivity contribution in [3.8, 4) is 5.75 Å². The zero-order valence-corrected chi connectivity index (χ0v) is 13.5. The molecule has 1 aliphatic heterocycles. The molecule has 0 spiro atoms. The van der Waals surface area contributed by atoms with Gasteiger partial charge < -0.3 is 15.3 Å². The Morgan fingerprint density at radius 2 is 2.00 bits per heavy atom. The third-order valence-electron chi connectivity index (χ3n) is 3.84. The van der Waals surface area contributed by atoms with Gasteiger partial charge in [0, 0.05) is 6.42 Å². The Hall–Kier alpha value is -2.96. The molecule has 2 N–H and O–H groups in total. The highest BCUT2D eigenvalue weighted by molar-refractivity contribution is 6.01. The lowest BCUT2D eigenvalue weighted by Crippen LogP contribution is -2.20. The molecule has 0 aromatic heterocycles. The summed E-state index contributed by atoms with van der Waals surface area (Å²) in [6.45, 7) is 1.99. The Balaban J connectivity index is 1.63. The minimum Gasteiger partial charge on any atom is -0.486 e. The summed E-state index contributed by atoms with van der Waals surface area (Å²) in [6.07, 6.45) is 0.0898. The van der Waals surface area contributed by atoms with E-state index in [0.29, 0.717) is 6.42 Å². The highest BCUT2D eigenvalue weighted by atomic mass is 19.1. The van der Waals surface area contributed by atoms with Crippen LogP contribution < -0.4 is 10.5 Å². The lowest BCUT2D eigenvalue weighted by Gasteiger charge is -2.12. The average Bonchev–Trinajstić information content (AvgIpc) is 3.03. The van der Waals surface area contributed by atoms with E-state index in [0.717, 1.165) is 29.0 Å². The van der Waals surface area contributed by atoms with Crippen LogP contribution in [-0.4, -0.2) is 24.3 Å². The summed E-state index contributed by atoms with van der Waals surface area (Å²) in [7, 11) is 0. The molecule has 1 unspecified atom stereocenters. The molecule has 25 heavy (non-hydrogen) atoms. The van der Waals surface area contributed by atoms with E-state index >= 15 is 0 Å². The molecule has 0 aliphatic carbocycles. The van der Waals surface area contributed by atoms with Crippen molar-refractivity contribution in [2.75, 3.05) is 6.61 Å². The summed E-state index contributed by atoms with van der Waals surface area (Å²) in [6, 6.07) is 9.87. The zero-order chi connectivity index (χ0) is 18.0. The molecule has 3 rings (SSSR count). The van der Waals surface area contributed by atoms with Crippen LogP contribution >= 0.6 is 0 Å². The number of hydrogen-bond donors (Lipinski definition) is 1. The monoisotopic (exact) mass is 346 g/mol. The molecular weight excluding hydrogens is 330 g/mol. The maximum atomic E-state index is 14.1. The molecule has 2 aromatic rings. The van der Waals surface area contributed by atoms with E-state index < -0.39 is 29.2 Å². The van der Waals surface area contributed by atoms with Gasteiger partial charge in [-0.3, -0.25) is 4.79 Å². The topological polar surface area (TPSA) is 73.9 Å². The van der Waals surface area contributed by atoms with Crippen LogP contribution in [-0.2, 0) is 4.84 Å². The van der Waals surface area contributed by atoms with Gasteiger partial charge >= 0.3 is 0 Å². The van der Waals surface area contributed by atoms with Crippen molar-refractivity contribution in [2.45, 2.75) is 19.4 Å². The van der Waals surface area contributed by atoms with Crippen molar-refractivity contribution in [3.63, 3.8) is 0 Å². The van der Waals surface area contributed by atoms with Crippen LogP contribution in [0.1, 0.15) is 27.9 Å². The molecule has 0 fully saturated rings. The van der Waals surface area contributed by atoms with E-state index in [2.05, 4.69) is 5.16 Å².